The lowest BCUT2D eigenvalue weighted by molar-refractivity contribution is -0.139. The van der Waals surface area contributed by atoms with E-state index < -0.39 is 28.5 Å². The maximum Gasteiger partial charge on any atom is 0.341 e. The van der Waals surface area contributed by atoms with Crippen molar-refractivity contribution in [3.8, 4) is 11.6 Å². The second-order valence-corrected chi connectivity index (χ2v) is 10.5. The molecule has 38 heavy (non-hydrogen) atoms. The van der Waals surface area contributed by atoms with Crippen LogP contribution in [0.4, 0.5) is 11.6 Å². The predicted molar refractivity (Wildman–Crippen MR) is 135 cm³/mol. The molecule has 0 aliphatic carbocycles. The Labute approximate surface area is 219 Å². The Kier molecular flexibility index (Phi) is 8.12. The van der Waals surface area contributed by atoms with E-state index in [9.17, 15) is 18.0 Å². The second kappa shape index (κ2) is 11.5. The summed E-state index contributed by atoms with van der Waals surface area (Å²) in [5.41, 5.74) is 0.750. The van der Waals surface area contributed by atoms with Crippen LogP contribution >= 0.6 is 0 Å². The Morgan fingerprint density at radius 1 is 1.13 bits per heavy atom. The summed E-state index contributed by atoms with van der Waals surface area (Å²) < 4.78 is 43.5. The third-order valence-electron chi connectivity index (χ3n) is 5.54. The summed E-state index contributed by atoms with van der Waals surface area (Å²) in [6, 6.07) is 7.75. The Bertz CT molecular complexity index is 1370. The Balaban J connectivity index is 1.46. The SMILES string of the molecule is CC(C)Oc1ccc(S(=O)(=O)N2CCN(c3ccc(C(=O)Nc4cnco4)c(OCC(=O)O)c3)CC2)cn1. The van der Waals surface area contributed by atoms with Crippen molar-refractivity contribution in [2.45, 2.75) is 24.8 Å². The molecule has 0 unspecified atom stereocenters. The molecule has 1 aliphatic rings. The van der Waals surface area contributed by atoms with Crippen molar-refractivity contribution in [2.24, 2.45) is 0 Å². The summed E-state index contributed by atoms with van der Waals surface area (Å²) >= 11 is 0. The molecule has 1 saturated heterocycles. The number of aliphatic carboxylic acids is 1. The van der Waals surface area contributed by atoms with Crippen LogP contribution in [0.5, 0.6) is 11.6 Å². The fourth-order valence-electron chi connectivity index (χ4n) is 3.78. The molecule has 3 aromatic rings. The number of sulfonamides is 1. The molecule has 1 amide bonds. The number of benzene rings is 1. The summed E-state index contributed by atoms with van der Waals surface area (Å²) in [6.07, 6.45) is 3.69. The number of amides is 1. The standard InChI is InChI=1S/C24H27N5O8S/c1-16(2)37-21-6-4-18(12-26-21)38(33,34)29-9-7-28(8-10-29)17-3-5-19(20(11-17)35-14-23(30)31)24(32)27-22-13-25-15-36-22/h3-6,11-13,15-16H,7-10,14H2,1-2H3,(H,27,32)(H,30,31). The lowest BCUT2D eigenvalue weighted by Gasteiger charge is -2.35. The van der Waals surface area contributed by atoms with Crippen LogP contribution in [0.15, 0.2) is 58.4 Å². The quantitative estimate of drug-likeness (QED) is 0.383. The number of nitrogens with one attached hydrogen (secondary N) is 1. The van der Waals surface area contributed by atoms with Gasteiger partial charge >= 0.3 is 5.97 Å². The molecule has 13 nitrogen and oxygen atoms in total. The van der Waals surface area contributed by atoms with Crippen LogP contribution in [0, 0.1) is 0 Å². The third kappa shape index (κ3) is 6.39. The van der Waals surface area contributed by atoms with Crippen molar-refractivity contribution < 1.29 is 37.0 Å². The van der Waals surface area contributed by atoms with Crippen LogP contribution in [0.3, 0.4) is 0 Å². The summed E-state index contributed by atoms with van der Waals surface area (Å²) in [4.78, 5) is 33.6. The molecule has 0 radical (unpaired) electrons. The summed E-state index contributed by atoms with van der Waals surface area (Å²) in [6.45, 7) is 4.22. The molecule has 1 fully saturated rings. The van der Waals surface area contributed by atoms with E-state index in [1.807, 2.05) is 18.7 Å². The molecule has 14 heteroatoms. The molecular formula is C24H27N5O8S. The molecular weight excluding hydrogens is 518 g/mol. The van der Waals surface area contributed by atoms with Crippen molar-refractivity contribution in [2.75, 3.05) is 43.0 Å². The molecule has 4 rings (SSSR count). The Morgan fingerprint density at radius 2 is 1.89 bits per heavy atom. The third-order valence-corrected chi connectivity index (χ3v) is 7.42. The predicted octanol–water partition coefficient (Wildman–Crippen LogP) is 2.08. The molecule has 1 aromatic carbocycles. The van der Waals surface area contributed by atoms with E-state index in [1.54, 1.807) is 12.1 Å². The monoisotopic (exact) mass is 545 g/mol. The number of oxazole rings is 1. The molecule has 1 aliphatic heterocycles. The second-order valence-electron chi connectivity index (χ2n) is 8.57. The highest BCUT2D eigenvalue weighted by Gasteiger charge is 2.29. The number of hydrogen-bond acceptors (Lipinski definition) is 10. The highest BCUT2D eigenvalue weighted by molar-refractivity contribution is 7.89. The van der Waals surface area contributed by atoms with Gasteiger partial charge in [0.05, 0.1) is 24.1 Å². The number of pyridine rings is 1. The van der Waals surface area contributed by atoms with Gasteiger partial charge in [-0.1, -0.05) is 0 Å². The van der Waals surface area contributed by atoms with Crippen LogP contribution in [-0.2, 0) is 14.8 Å². The minimum absolute atomic E-state index is 0.0618. The van der Waals surface area contributed by atoms with Gasteiger partial charge in [-0.25, -0.2) is 23.2 Å². The molecule has 0 atom stereocenters. The van der Waals surface area contributed by atoms with Crippen molar-refractivity contribution in [1.82, 2.24) is 14.3 Å². The van der Waals surface area contributed by atoms with Crippen LogP contribution < -0.4 is 19.7 Å². The number of carboxylic acid groups (broad SMARTS) is 1. The Morgan fingerprint density at radius 3 is 2.50 bits per heavy atom. The number of piperazine rings is 1. The van der Waals surface area contributed by atoms with Gasteiger partial charge in [0.15, 0.2) is 13.0 Å². The van der Waals surface area contributed by atoms with E-state index in [0.717, 1.165) is 6.39 Å². The zero-order valence-electron chi connectivity index (χ0n) is 20.7. The fourth-order valence-corrected chi connectivity index (χ4v) is 5.15. The molecule has 0 spiro atoms. The van der Waals surface area contributed by atoms with E-state index >= 15 is 0 Å². The number of rotatable bonds is 10. The lowest BCUT2D eigenvalue weighted by atomic mass is 10.1. The molecule has 2 N–H and O–H groups in total. The number of anilines is 2. The van der Waals surface area contributed by atoms with Gasteiger partial charge in [-0.2, -0.15) is 4.31 Å². The van der Waals surface area contributed by atoms with Crippen molar-refractivity contribution in [1.29, 1.82) is 0 Å². The van der Waals surface area contributed by atoms with Gasteiger partial charge in [0, 0.05) is 44.0 Å². The average molecular weight is 546 g/mol. The van der Waals surface area contributed by atoms with E-state index in [2.05, 4.69) is 15.3 Å². The zero-order valence-corrected chi connectivity index (χ0v) is 21.6. The van der Waals surface area contributed by atoms with E-state index in [1.165, 1.54) is 34.9 Å². The van der Waals surface area contributed by atoms with E-state index in [4.69, 9.17) is 19.0 Å². The van der Waals surface area contributed by atoms with Gasteiger partial charge in [0.2, 0.25) is 21.8 Å². The van der Waals surface area contributed by atoms with Crippen LogP contribution in [0.25, 0.3) is 0 Å². The molecule has 2 aromatic heterocycles. The smallest absolute Gasteiger partial charge is 0.341 e. The van der Waals surface area contributed by atoms with Gasteiger partial charge < -0.3 is 23.9 Å². The zero-order chi connectivity index (χ0) is 27.3. The normalized spacial score (nSPS) is 14.3. The van der Waals surface area contributed by atoms with Crippen LogP contribution in [0.2, 0.25) is 0 Å². The minimum atomic E-state index is -3.75. The number of ether oxygens (including phenoxy) is 2. The van der Waals surface area contributed by atoms with Gasteiger partial charge in [0.1, 0.15) is 10.6 Å². The first-order chi connectivity index (χ1) is 18.1. The first-order valence-electron chi connectivity index (χ1n) is 11.7. The van der Waals surface area contributed by atoms with Crippen molar-refractivity contribution in [3.63, 3.8) is 0 Å². The average Bonchev–Trinajstić information content (AvgIpc) is 3.40. The van der Waals surface area contributed by atoms with E-state index in [-0.39, 0.29) is 41.3 Å². The largest absolute Gasteiger partial charge is 0.481 e. The highest BCUT2D eigenvalue weighted by Crippen LogP contribution is 2.29. The Hall–Kier alpha value is -4.17. The van der Waals surface area contributed by atoms with Crippen LogP contribution in [-0.4, -0.2) is 78.6 Å². The van der Waals surface area contributed by atoms with Crippen molar-refractivity contribution >= 4 is 33.5 Å². The fraction of sp³-hybridized carbons (Fsp3) is 0.333. The molecule has 202 valence electrons. The summed E-state index contributed by atoms with van der Waals surface area (Å²) in [5, 5.41) is 11.6. The maximum absolute atomic E-state index is 13.1. The number of carboxylic acids is 1. The van der Waals surface area contributed by atoms with Gasteiger partial charge in [-0.15, -0.1) is 0 Å². The number of carbonyl (C=O) groups is 2. The lowest BCUT2D eigenvalue weighted by Crippen LogP contribution is -2.48. The van der Waals surface area contributed by atoms with Gasteiger partial charge in [-0.05, 0) is 32.0 Å². The topological polar surface area (TPSA) is 164 Å². The number of aromatic nitrogens is 2. The molecule has 0 saturated carbocycles. The van der Waals surface area contributed by atoms with Gasteiger partial charge in [0.25, 0.3) is 5.91 Å². The number of hydrogen-bond donors (Lipinski definition) is 2. The number of carbonyl (C=O) groups excluding carboxylic acids is 1. The maximum atomic E-state index is 13.1. The van der Waals surface area contributed by atoms with E-state index in [0.29, 0.717) is 24.7 Å². The van der Waals surface area contributed by atoms with Crippen LogP contribution in [0.1, 0.15) is 24.2 Å². The van der Waals surface area contributed by atoms with Crippen molar-refractivity contribution in [3.05, 3.63) is 54.7 Å². The first kappa shape index (κ1) is 26.9. The minimum Gasteiger partial charge on any atom is -0.481 e. The highest BCUT2D eigenvalue weighted by atomic mass is 32.2. The summed E-state index contributed by atoms with van der Waals surface area (Å²) in [7, 11) is -3.75. The number of nitrogens with zero attached hydrogens (tertiary/aromatic N) is 4. The summed E-state index contributed by atoms with van der Waals surface area (Å²) in [5.74, 6) is -1.23. The molecule has 0 bridgehead atoms. The first-order valence-corrected chi connectivity index (χ1v) is 13.1. The van der Waals surface area contributed by atoms with Gasteiger partial charge in [-0.3, -0.25) is 10.1 Å². The molecule has 3 heterocycles.